The maximum Gasteiger partial charge on any atom is 0.220 e. The summed E-state index contributed by atoms with van der Waals surface area (Å²) in [5.74, 6) is -0.200. The van der Waals surface area contributed by atoms with Gasteiger partial charge in [-0.25, -0.2) is 0 Å². The van der Waals surface area contributed by atoms with Crippen molar-refractivity contribution in [3.63, 3.8) is 0 Å². The summed E-state index contributed by atoms with van der Waals surface area (Å²) in [5, 5.41) is 54.0. The Kier molecular flexibility index (Phi) is 37.9. The van der Waals surface area contributed by atoms with Crippen LogP contribution in [0.15, 0.2) is 97.2 Å². The number of rotatable bonds is 38. The largest absolute Gasteiger partial charge is 0.394 e. The highest BCUT2D eigenvalue weighted by molar-refractivity contribution is 5.76. The fourth-order valence-electron chi connectivity index (χ4n) is 6.82. The van der Waals surface area contributed by atoms with Gasteiger partial charge in [0.2, 0.25) is 5.91 Å². The third-order valence-corrected chi connectivity index (χ3v) is 10.6. The monoisotopic (exact) mass is 854 g/mol. The molecule has 0 aromatic rings. The number of unbranched alkanes of at least 4 members (excludes halogenated alkanes) is 14. The van der Waals surface area contributed by atoms with Crippen LogP contribution in [-0.2, 0) is 14.3 Å². The number of carbonyl (C=O) groups is 1. The number of allylic oxidation sites excluding steroid dienone is 15. The highest BCUT2D eigenvalue weighted by Crippen LogP contribution is 2.22. The van der Waals surface area contributed by atoms with Gasteiger partial charge in [-0.3, -0.25) is 4.79 Å². The van der Waals surface area contributed by atoms with E-state index in [1.807, 2.05) is 6.08 Å². The third-order valence-electron chi connectivity index (χ3n) is 10.6. The van der Waals surface area contributed by atoms with Crippen molar-refractivity contribution in [2.24, 2.45) is 0 Å². The van der Waals surface area contributed by atoms with E-state index in [4.69, 9.17) is 9.47 Å². The first kappa shape index (κ1) is 56.1. The van der Waals surface area contributed by atoms with Gasteiger partial charge in [0.15, 0.2) is 6.29 Å². The summed E-state index contributed by atoms with van der Waals surface area (Å²) in [6.45, 7) is 3.56. The average Bonchev–Trinajstić information content (AvgIpc) is 3.26. The van der Waals surface area contributed by atoms with Crippen molar-refractivity contribution in [1.29, 1.82) is 0 Å². The van der Waals surface area contributed by atoms with E-state index in [1.54, 1.807) is 6.08 Å². The summed E-state index contributed by atoms with van der Waals surface area (Å²) in [5.41, 5.74) is 0. The smallest absolute Gasteiger partial charge is 0.220 e. The Labute approximate surface area is 371 Å². The molecule has 1 fully saturated rings. The van der Waals surface area contributed by atoms with Crippen LogP contribution in [0.2, 0.25) is 0 Å². The molecule has 7 unspecified atom stereocenters. The highest BCUT2D eigenvalue weighted by Gasteiger charge is 2.44. The van der Waals surface area contributed by atoms with Gasteiger partial charge >= 0.3 is 0 Å². The number of aliphatic hydroxyl groups is 5. The second-order valence-electron chi connectivity index (χ2n) is 16.2. The maximum atomic E-state index is 12.9. The van der Waals surface area contributed by atoms with E-state index >= 15 is 0 Å². The molecule has 1 aliphatic heterocycles. The van der Waals surface area contributed by atoms with E-state index in [1.165, 1.54) is 57.8 Å². The molecule has 0 aromatic carbocycles. The molecule has 0 radical (unpaired) electrons. The molecule has 7 atom stereocenters. The van der Waals surface area contributed by atoms with Gasteiger partial charge in [-0.1, -0.05) is 175 Å². The first-order valence-corrected chi connectivity index (χ1v) is 24.0. The van der Waals surface area contributed by atoms with E-state index in [0.717, 1.165) is 89.9 Å². The van der Waals surface area contributed by atoms with E-state index < -0.39 is 49.5 Å². The predicted octanol–water partition coefficient (Wildman–Crippen LogP) is 10.5. The van der Waals surface area contributed by atoms with Gasteiger partial charge in [0.05, 0.1) is 25.4 Å². The summed E-state index contributed by atoms with van der Waals surface area (Å²) < 4.78 is 11.2. The Hall–Kier alpha value is -2.89. The van der Waals surface area contributed by atoms with Gasteiger partial charge in [0.25, 0.3) is 0 Å². The minimum Gasteiger partial charge on any atom is -0.394 e. The van der Waals surface area contributed by atoms with E-state index in [-0.39, 0.29) is 12.5 Å². The predicted molar refractivity (Wildman–Crippen MR) is 253 cm³/mol. The van der Waals surface area contributed by atoms with Crippen LogP contribution in [0.25, 0.3) is 0 Å². The molecule has 1 heterocycles. The third kappa shape index (κ3) is 31.6. The lowest BCUT2D eigenvalue weighted by molar-refractivity contribution is -0.302. The minimum absolute atomic E-state index is 0.200. The molecule has 0 aromatic heterocycles. The van der Waals surface area contributed by atoms with Crippen LogP contribution in [0.1, 0.15) is 168 Å². The van der Waals surface area contributed by atoms with Crippen LogP contribution in [0.4, 0.5) is 0 Å². The fraction of sp³-hybridized carbons (Fsp3) is 0.673. The molecule has 1 aliphatic rings. The number of hydrogen-bond donors (Lipinski definition) is 6. The van der Waals surface area contributed by atoms with Crippen molar-refractivity contribution in [2.45, 2.75) is 211 Å². The molecule has 1 saturated heterocycles. The Morgan fingerprint density at radius 2 is 1.03 bits per heavy atom. The van der Waals surface area contributed by atoms with Gasteiger partial charge in [0, 0.05) is 6.42 Å². The summed E-state index contributed by atoms with van der Waals surface area (Å²) in [6.07, 6.45) is 51.9. The molecule has 0 bridgehead atoms. The van der Waals surface area contributed by atoms with Crippen molar-refractivity contribution in [2.75, 3.05) is 13.2 Å². The van der Waals surface area contributed by atoms with E-state index in [2.05, 4.69) is 104 Å². The number of nitrogens with one attached hydrogen (secondary N) is 1. The second-order valence-corrected chi connectivity index (χ2v) is 16.2. The van der Waals surface area contributed by atoms with E-state index in [0.29, 0.717) is 6.42 Å². The van der Waals surface area contributed by atoms with Crippen molar-refractivity contribution >= 4 is 5.91 Å². The molecular formula is C52H87NO8. The van der Waals surface area contributed by atoms with Crippen LogP contribution in [-0.4, -0.2) is 87.5 Å². The SMILES string of the molecule is CC/C=C\C/C=C\C/C=C\C/C=C\C/C=C\C/C=C\CCCCCCCCCCCCC(=O)NC(COC1OC(CO)C(O)C(O)C1O)C(O)/C=C/CC/C=C/CCCCC. The zero-order valence-corrected chi connectivity index (χ0v) is 38.1. The van der Waals surface area contributed by atoms with Gasteiger partial charge in [-0.2, -0.15) is 0 Å². The highest BCUT2D eigenvalue weighted by atomic mass is 16.7. The number of amides is 1. The number of carbonyl (C=O) groups excluding carboxylic acids is 1. The molecule has 0 aliphatic carbocycles. The van der Waals surface area contributed by atoms with Crippen molar-refractivity contribution in [1.82, 2.24) is 5.32 Å². The maximum absolute atomic E-state index is 12.9. The van der Waals surface area contributed by atoms with Crippen LogP contribution in [0, 0.1) is 0 Å². The quantitative estimate of drug-likeness (QED) is 0.0266. The molecule has 1 amide bonds. The molecule has 9 heteroatoms. The molecule has 61 heavy (non-hydrogen) atoms. The molecule has 9 nitrogen and oxygen atoms in total. The zero-order valence-electron chi connectivity index (χ0n) is 38.1. The van der Waals surface area contributed by atoms with Gasteiger partial charge in [-0.15, -0.1) is 0 Å². The zero-order chi connectivity index (χ0) is 44.4. The fourth-order valence-corrected chi connectivity index (χ4v) is 6.82. The Bertz CT molecular complexity index is 1270. The van der Waals surface area contributed by atoms with Crippen molar-refractivity contribution in [3.8, 4) is 0 Å². The summed E-state index contributed by atoms with van der Waals surface area (Å²) >= 11 is 0. The first-order valence-electron chi connectivity index (χ1n) is 24.0. The first-order chi connectivity index (χ1) is 29.8. The lowest BCUT2D eigenvalue weighted by Crippen LogP contribution is -2.60. The minimum atomic E-state index is -1.58. The van der Waals surface area contributed by atoms with Crippen LogP contribution < -0.4 is 5.32 Å². The Morgan fingerprint density at radius 3 is 1.57 bits per heavy atom. The van der Waals surface area contributed by atoms with Crippen LogP contribution in [0.5, 0.6) is 0 Å². The summed E-state index contributed by atoms with van der Waals surface area (Å²) in [7, 11) is 0. The van der Waals surface area contributed by atoms with Crippen LogP contribution >= 0.6 is 0 Å². The van der Waals surface area contributed by atoms with E-state index in [9.17, 15) is 30.3 Å². The molecule has 6 N–H and O–H groups in total. The average molecular weight is 854 g/mol. The van der Waals surface area contributed by atoms with Gasteiger partial charge in [0.1, 0.15) is 24.4 Å². The second kappa shape index (κ2) is 41.1. The van der Waals surface area contributed by atoms with Crippen LogP contribution in [0.3, 0.4) is 0 Å². The van der Waals surface area contributed by atoms with Crippen molar-refractivity contribution in [3.05, 3.63) is 97.2 Å². The van der Waals surface area contributed by atoms with Crippen molar-refractivity contribution < 1.29 is 39.8 Å². The number of aliphatic hydroxyl groups excluding tert-OH is 5. The molecule has 348 valence electrons. The Morgan fingerprint density at radius 1 is 0.574 bits per heavy atom. The summed E-state index contributed by atoms with van der Waals surface area (Å²) in [4.78, 5) is 12.9. The number of ether oxygens (including phenoxy) is 2. The molecule has 0 saturated carbocycles. The standard InChI is InChI=1S/C52H87NO8/c1-3-5-7-9-11-13-14-15-16-17-18-19-20-21-22-23-24-25-26-27-28-29-30-31-32-34-36-38-40-42-48(56)53-45(46(55)41-39-37-35-33-12-10-8-6-4-2)44-60-52-51(59)50(58)49(57)47(43-54)61-52/h5,7,11-13,15-16,18-19,21-22,24-25,33,39,41,45-47,49-52,54-55,57-59H,3-4,6,8-10,14,17,20,23,26-32,34-38,40,42-44H2,1-2H3,(H,53,56)/b7-5-,13-11-,16-15-,19-18-,22-21-,25-24-,33-12+,41-39+. The normalized spacial score (nSPS) is 21.3. The molecular weight excluding hydrogens is 767 g/mol. The Balaban J connectivity index is 2.21. The lowest BCUT2D eigenvalue weighted by atomic mass is 9.99. The molecule has 1 rings (SSSR count). The molecule has 0 spiro atoms. The lowest BCUT2D eigenvalue weighted by Gasteiger charge is -2.40. The van der Waals surface area contributed by atoms with Gasteiger partial charge < -0.3 is 40.3 Å². The summed E-state index contributed by atoms with van der Waals surface area (Å²) in [6, 6.07) is -0.827. The number of hydrogen-bond acceptors (Lipinski definition) is 8. The topological polar surface area (TPSA) is 149 Å². The van der Waals surface area contributed by atoms with Gasteiger partial charge in [-0.05, 0) is 83.5 Å².